The van der Waals surface area contributed by atoms with Gasteiger partial charge in [0.2, 0.25) is 0 Å². The lowest BCUT2D eigenvalue weighted by molar-refractivity contribution is 0.0134. The first-order chi connectivity index (χ1) is 12.5. The Labute approximate surface area is 156 Å². The monoisotopic (exact) mass is 371 g/mol. The topological polar surface area (TPSA) is 83.2 Å². The Morgan fingerprint density at radius 1 is 1.15 bits per heavy atom. The number of aliphatic hydroxyl groups excluding tert-OH is 2. The molecule has 2 heterocycles. The van der Waals surface area contributed by atoms with Crippen LogP contribution in [0.15, 0.2) is 42.9 Å². The van der Waals surface area contributed by atoms with Gasteiger partial charge in [-0.1, -0.05) is 23.7 Å². The number of aromatic nitrogens is 3. The van der Waals surface area contributed by atoms with Crippen LogP contribution in [0.1, 0.15) is 18.0 Å². The van der Waals surface area contributed by atoms with E-state index in [4.69, 9.17) is 11.6 Å². The molecule has 6 nitrogen and oxygen atoms in total. The van der Waals surface area contributed by atoms with E-state index in [-0.39, 0.29) is 12.0 Å². The van der Waals surface area contributed by atoms with E-state index in [0.717, 1.165) is 22.4 Å². The minimum atomic E-state index is -0.853. The number of halogens is 1. The summed E-state index contributed by atoms with van der Waals surface area (Å²) in [6, 6.07) is 9.31. The average Bonchev–Trinajstić information content (AvgIpc) is 3.18. The molecule has 1 fully saturated rings. The van der Waals surface area contributed by atoms with Crippen LogP contribution in [-0.2, 0) is 6.54 Å². The summed E-state index contributed by atoms with van der Waals surface area (Å²) in [6.07, 6.45) is 2.31. The maximum absolute atomic E-state index is 10.3. The molecule has 4 atom stereocenters. The summed E-state index contributed by atoms with van der Waals surface area (Å²) in [7, 11) is 0. The van der Waals surface area contributed by atoms with Crippen molar-refractivity contribution >= 4 is 28.5 Å². The molecule has 0 amide bonds. The molecule has 1 aliphatic carbocycles. The highest BCUT2D eigenvalue weighted by Crippen LogP contribution is 2.37. The molecule has 4 rings (SSSR count). The Balaban J connectivity index is 1.60. The molecule has 7 heteroatoms. The minimum absolute atomic E-state index is 0.197. The number of aliphatic hydroxyl groups is 2. The highest BCUT2D eigenvalue weighted by Gasteiger charge is 2.40. The van der Waals surface area contributed by atoms with Crippen LogP contribution in [0.2, 0.25) is 5.02 Å². The molecule has 3 N–H and O–H groups in total. The van der Waals surface area contributed by atoms with Crippen LogP contribution in [0.3, 0.4) is 0 Å². The predicted molar refractivity (Wildman–Crippen MR) is 101 cm³/mol. The molecular weight excluding hydrogens is 352 g/mol. The maximum atomic E-state index is 10.3. The third kappa shape index (κ3) is 3.05. The van der Waals surface area contributed by atoms with Crippen molar-refractivity contribution in [2.75, 3.05) is 5.32 Å². The lowest BCUT2D eigenvalue weighted by atomic mass is 10.1. The summed E-state index contributed by atoms with van der Waals surface area (Å²) < 4.78 is 1.91. The zero-order chi connectivity index (χ0) is 18.3. The smallest absolute Gasteiger partial charge is 0.145 e. The van der Waals surface area contributed by atoms with Crippen molar-refractivity contribution in [2.45, 2.75) is 31.2 Å². The van der Waals surface area contributed by atoms with Gasteiger partial charge in [-0.3, -0.25) is 0 Å². The zero-order valence-corrected chi connectivity index (χ0v) is 14.8. The van der Waals surface area contributed by atoms with Gasteiger partial charge in [0.25, 0.3) is 0 Å². The second-order valence-electron chi connectivity index (χ2n) is 6.71. The van der Waals surface area contributed by atoms with Gasteiger partial charge >= 0.3 is 0 Å². The van der Waals surface area contributed by atoms with Gasteiger partial charge in [0.1, 0.15) is 23.9 Å². The molecule has 2 aromatic heterocycles. The molecule has 1 radical (unpaired) electrons. The lowest BCUT2D eigenvalue weighted by Gasteiger charge is -2.19. The van der Waals surface area contributed by atoms with Crippen LogP contribution in [-0.4, -0.2) is 37.0 Å². The van der Waals surface area contributed by atoms with Gasteiger partial charge < -0.3 is 20.1 Å². The molecule has 0 saturated heterocycles. The molecule has 135 valence electrons. The molecule has 1 aliphatic rings. The molecule has 0 spiro atoms. The van der Waals surface area contributed by atoms with Gasteiger partial charge in [0.05, 0.1) is 17.5 Å². The second kappa shape index (κ2) is 6.87. The van der Waals surface area contributed by atoms with E-state index < -0.39 is 12.2 Å². The van der Waals surface area contributed by atoms with Gasteiger partial charge in [0.15, 0.2) is 0 Å². The van der Waals surface area contributed by atoms with Crippen molar-refractivity contribution in [3.8, 4) is 0 Å². The Bertz CT molecular complexity index is 912. The van der Waals surface area contributed by atoms with Crippen molar-refractivity contribution in [3.05, 3.63) is 60.4 Å². The molecule has 1 aromatic carbocycles. The third-order valence-corrected chi connectivity index (χ3v) is 5.26. The van der Waals surface area contributed by atoms with Crippen molar-refractivity contribution in [1.29, 1.82) is 0 Å². The molecule has 0 aliphatic heterocycles. The minimum Gasteiger partial charge on any atom is -0.390 e. The Morgan fingerprint density at radius 2 is 1.92 bits per heavy atom. The summed E-state index contributed by atoms with van der Waals surface area (Å²) in [5.74, 6) is 0.527. The first-order valence-corrected chi connectivity index (χ1v) is 8.91. The van der Waals surface area contributed by atoms with E-state index in [2.05, 4.69) is 22.2 Å². The van der Waals surface area contributed by atoms with E-state index in [1.165, 1.54) is 6.33 Å². The number of anilines is 1. The molecule has 0 bridgehead atoms. The van der Waals surface area contributed by atoms with Crippen LogP contribution >= 0.6 is 11.6 Å². The fourth-order valence-electron chi connectivity index (χ4n) is 3.54. The van der Waals surface area contributed by atoms with E-state index in [1.807, 2.05) is 41.1 Å². The number of benzene rings is 1. The van der Waals surface area contributed by atoms with Gasteiger partial charge in [-0.05, 0) is 43.0 Å². The van der Waals surface area contributed by atoms with Crippen LogP contribution in [0, 0.1) is 12.8 Å². The van der Waals surface area contributed by atoms with Crippen LogP contribution in [0.5, 0.6) is 0 Å². The Kier molecular flexibility index (Phi) is 4.56. The lowest BCUT2D eigenvalue weighted by Crippen LogP contribution is -2.28. The van der Waals surface area contributed by atoms with Gasteiger partial charge in [-0.25, -0.2) is 9.97 Å². The van der Waals surface area contributed by atoms with Crippen molar-refractivity contribution in [1.82, 2.24) is 14.5 Å². The molecule has 1 saturated carbocycles. The summed E-state index contributed by atoms with van der Waals surface area (Å²) in [5, 5.41) is 25.2. The number of fused-ring (bicyclic) bond motifs is 1. The van der Waals surface area contributed by atoms with E-state index in [9.17, 15) is 10.2 Å². The summed E-state index contributed by atoms with van der Waals surface area (Å²) in [4.78, 5) is 8.72. The largest absolute Gasteiger partial charge is 0.390 e. The first kappa shape index (κ1) is 17.3. The summed E-state index contributed by atoms with van der Waals surface area (Å²) in [6.45, 7) is 4.53. The van der Waals surface area contributed by atoms with E-state index >= 15 is 0 Å². The van der Waals surface area contributed by atoms with E-state index in [0.29, 0.717) is 18.0 Å². The maximum Gasteiger partial charge on any atom is 0.145 e. The Hall–Kier alpha value is -2.15. The quantitative estimate of drug-likeness (QED) is 0.656. The second-order valence-corrected chi connectivity index (χ2v) is 7.14. The van der Waals surface area contributed by atoms with Gasteiger partial charge in [-0.2, -0.15) is 0 Å². The summed E-state index contributed by atoms with van der Waals surface area (Å²) >= 11 is 5.92. The fourth-order valence-corrected chi connectivity index (χ4v) is 3.67. The number of rotatable bonds is 4. The third-order valence-electron chi connectivity index (χ3n) is 5.01. The molecule has 26 heavy (non-hydrogen) atoms. The number of hydrogen-bond acceptors (Lipinski definition) is 5. The molecule has 3 aromatic rings. The van der Waals surface area contributed by atoms with Gasteiger partial charge in [-0.15, -0.1) is 0 Å². The van der Waals surface area contributed by atoms with Crippen molar-refractivity contribution in [2.24, 2.45) is 5.92 Å². The van der Waals surface area contributed by atoms with Crippen molar-refractivity contribution in [3.63, 3.8) is 0 Å². The number of nitrogens with one attached hydrogen (secondary N) is 1. The standard InChI is InChI=1S/C19H20ClN4O2/c1-11-8-15(17(26)16(11)25)24-7-6-14-18(22-10-23-19(14)24)21-9-12-2-4-13(20)5-3-12/h2-7,10-11,15-17,25-26H,1,8-9H2,(H,21,22,23)/t11-,15+,16+,17-/m0/s1. The highest BCUT2D eigenvalue weighted by molar-refractivity contribution is 6.30. The molecule has 0 unspecified atom stereocenters. The van der Waals surface area contributed by atoms with Crippen LogP contribution in [0.4, 0.5) is 5.82 Å². The van der Waals surface area contributed by atoms with Crippen LogP contribution in [0.25, 0.3) is 11.0 Å². The Morgan fingerprint density at radius 3 is 2.62 bits per heavy atom. The molecular formula is C19H20ClN4O2. The number of hydrogen-bond donors (Lipinski definition) is 3. The van der Waals surface area contributed by atoms with Crippen LogP contribution < -0.4 is 5.32 Å². The summed E-state index contributed by atoms with van der Waals surface area (Å²) in [5.41, 5.74) is 1.82. The predicted octanol–water partition coefficient (Wildman–Crippen LogP) is 2.81. The van der Waals surface area contributed by atoms with Crippen molar-refractivity contribution < 1.29 is 10.2 Å². The zero-order valence-electron chi connectivity index (χ0n) is 14.1. The first-order valence-electron chi connectivity index (χ1n) is 8.53. The average molecular weight is 372 g/mol. The van der Waals surface area contributed by atoms with E-state index in [1.54, 1.807) is 0 Å². The SMILES string of the molecule is [CH2][C@H]1C[C@@H](n2ccc3c(NCc4ccc(Cl)cc4)ncnc32)[C@H](O)[C@@H]1O. The fraction of sp³-hybridized carbons (Fsp3) is 0.316. The number of nitrogens with zero attached hydrogens (tertiary/aromatic N) is 3. The van der Waals surface area contributed by atoms with Gasteiger partial charge in [0, 0.05) is 17.8 Å². The normalized spacial score (nSPS) is 25.7. The highest BCUT2D eigenvalue weighted by atomic mass is 35.5.